The Hall–Kier alpha value is -2.21. The highest BCUT2D eigenvalue weighted by Crippen LogP contribution is 2.26. The number of hydrogen-bond donors (Lipinski definition) is 0. The Balaban J connectivity index is 1.83. The van der Waals surface area contributed by atoms with Gasteiger partial charge in [0.25, 0.3) is 0 Å². The average Bonchev–Trinajstić information content (AvgIpc) is 2.97. The van der Waals surface area contributed by atoms with Gasteiger partial charge in [0.2, 0.25) is 0 Å². The Bertz CT molecular complexity index is 773. The molecule has 118 valence electrons. The maximum Gasteiger partial charge on any atom is 0.191 e. The van der Waals surface area contributed by atoms with E-state index in [0.717, 1.165) is 35.1 Å². The van der Waals surface area contributed by atoms with Crippen LogP contribution >= 0.6 is 11.8 Å². The topological polar surface area (TPSA) is 43.6 Å². The van der Waals surface area contributed by atoms with Gasteiger partial charge in [-0.05, 0) is 36.2 Å². The molecule has 2 heterocycles. The van der Waals surface area contributed by atoms with Crippen LogP contribution in [0.5, 0.6) is 0 Å². The Kier molecular flexibility index (Phi) is 5.02. The Morgan fingerprint density at radius 3 is 2.70 bits per heavy atom. The Labute approximate surface area is 138 Å². The first-order chi connectivity index (χ1) is 11.3. The summed E-state index contributed by atoms with van der Waals surface area (Å²) in [5, 5.41) is 9.49. The molecular formula is C17H17FN4S. The van der Waals surface area contributed by atoms with Crippen LogP contribution in [0.15, 0.2) is 53.9 Å². The molecule has 3 rings (SSSR count). The summed E-state index contributed by atoms with van der Waals surface area (Å²) in [5.41, 5.74) is 1.94. The predicted molar refractivity (Wildman–Crippen MR) is 89.5 cm³/mol. The van der Waals surface area contributed by atoms with Crippen molar-refractivity contribution in [2.45, 2.75) is 30.8 Å². The molecule has 2 aromatic heterocycles. The zero-order valence-corrected chi connectivity index (χ0v) is 13.6. The molecule has 0 fully saturated rings. The summed E-state index contributed by atoms with van der Waals surface area (Å²) < 4.78 is 15.4. The van der Waals surface area contributed by atoms with E-state index in [1.54, 1.807) is 36.3 Å². The third kappa shape index (κ3) is 3.76. The molecule has 0 N–H and O–H groups in total. The molecule has 0 unspecified atom stereocenters. The maximum atomic E-state index is 13.3. The number of benzene rings is 1. The summed E-state index contributed by atoms with van der Waals surface area (Å²) in [6, 6.07) is 10.5. The Morgan fingerprint density at radius 2 is 1.96 bits per heavy atom. The molecule has 6 heteroatoms. The maximum absolute atomic E-state index is 13.3. The van der Waals surface area contributed by atoms with E-state index >= 15 is 0 Å². The van der Waals surface area contributed by atoms with Crippen molar-refractivity contribution < 1.29 is 4.39 Å². The first-order valence-electron chi connectivity index (χ1n) is 7.48. The molecule has 1 aromatic carbocycles. The molecule has 0 atom stereocenters. The van der Waals surface area contributed by atoms with Gasteiger partial charge in [-0.15, -0.1) is 10.2 Å². The SMILES string of the molecule is CCCn1c(SCc2cccc(F)c2)nnc1-c1ccncc1. The van der Waals surface area contributed by atoms with E-state index in [4.69, 9.17) is 0 Å². The second kappa shape index (κ2) is 7.37. The van der Waals surface area contributed by atoms with Gasteiger partial charge in [0.1, 0.15) is 5.82 Å². The fourth-order valence-corrected chi connectivity index (χ4v) is 3.22. The van der Waals surface area contributed by atoms with Crippen molar-refractivity contribution in [1.82, 2.24) is 19.7 Å². The average molecular weight is 328 g/mol. The largest absolute Gasteiger partial charge is 0.302 e. The molecule has 0 bridgehead atoms. The monoisotopic (exact) mass is 328 g/mol. The lowest BCUT2D eigenvalue weighted by molar-refractivity contribution is 0.624. The van der Waals surface area contributed by atoms with Gasteiger partial charge >= 0.3 is 0 Å². The molecule has 0 aliphatic rings. The minimum atomic E-state index is -0.212. The minimum Gasteiger partial charge on any atom is -0.302 e. The van der Waals surface area contributed by atoms with Crippen LogP contribution in [0.3, 0.4) is 0 Å². The molecule has 0 radical (unpaired) electrons. The van der Waals surface area contributed by atoms with E-state index in [1.807, 2.05) is 18.2 Å². The van der Waals surface area contributed by atoms with Gasteiger partial charge in [0.15, 0.2) is 11.0 Å². The summed E-state index contributed by atoms with van der Waals surface area (Å²) >= 11 is 1.57. The normalized spacial score (nSPS) is 10.9. The van der Waals surface area contributed by atoms with Crippen molar-refractivity contribution in [3.8, 4) is 11.4 Å². The number of thioether (sulfide) groups is 1. The molecule has 0 saturated heterocycles. The van der Waals surface area contributed by atoms with Crippen molar-refractivity contribution in [2.75, 3.05) is 0 Å². The lowest BCUT2D eigenvalue weighted by Gasteiger charge is -2.08. The van der Waals surface area contributed by atoms with Crippen molar-refractivity contribution in [3.63, 3.8) is 0 Å². The summed E-state index contributed by atoms with van der Waals surface area (Å²) in [6.45, 7) is 2.97. The van der Waals surface area contributed by atoms with Gasteiger partial charge in [-0.1, -0.05) is 30.8 Å². The first-order valence-corrected chi connectivity index (χ1v) is 8.47. The fraction of sp³-hybridized carbons (Fsp3) is 0.235. The summed E-state index contributed by atoms with van der Waals surface area (Å²) in [5.74, 6) is 1.29. The molecule has 0 saturated carbocycles. The number of aromatic nitrogens is 4. The quantitative estimate of drug-likeness (QED) is 0.637. The zero-order chi connectivity index (χ0) is 16.1. The third-order valence-electron chi connectivity index (χ3n) is 3.36. The van der Waals surface area contributed by atoms with E-state index < -0.39 is 0 Å². The standard InChI is InChI=1S/C17H17FN4S/c1-2-10-22-16(14-6-8-19-9-7-14)20-21-17(22)23-12-13-4-3-5-15(18)11-13/h3-9,11H,2,10,12H2,1H3. The van der Waals surface area contributed by atoms with Gasteiger partial charge in [-0.2, -0.15) is 0 Å². The zero-order valence-electron chi connectivity index (χ0n) is 12.8. The van der Waals surface area contributed by atoms with Gasteiger partial charge in [0, 0.05) is 30.3 Å². The van der Waals surface area contributed by atoms with E-state index in [0.29, 0.717) is 5.75 Å². The van der Waals surface area contributed by atoms with Gasteiger partial charge < -0.3 is 4.57 Å². The number of halogens is 1. The van der Waals surface area contributed by atoms with Crippen LogP contribution in [0.1, 0.15) is 18.9 Å². The second-order valence-electron chi connectivity index (χ2n) is 5.11. The number of pyridine rings is 1. The molecule has 0 spiro atoms. The molecule has 0 amide bonds. The molecule has 3 aromatic rings. The summed E-state index contributed by atoms with van der Waals surface area (Å²) in [6.07, 6.45) is 4.49. The Morgan fingerprint density at radius 1 is 1.13 bits per heavy atom. The van der Waals surface area contributed by atoms with Gasteiger partial charge in [0.05, 0.1) is 0 Å². The molecule has 4 nitrogen and oxygen atoms in total. The van der Waals surface area contributed by atoms with Crippen molar-refractivity contribution >= 4 is 11.8 Å². The highest BCUT2D eigenvalue weighted by Gasteiger charge is 2.13. The van der Waals surface area contributed by atoms with Crippen molar-refractivity contribution in [3.05, 3.63) is 60.2 Å². The highest BCUT2D eigenvalue weighted by molar-refractivity contribution is 7.98. The van der Waals surface area contributed by atoms with Gasteiger partial charge in [-0.3, -0.25) is 4.98 Å². The van der Waals surface area contributed by atoms with Crippen LogP contribution in [-0.2, 0) is 12.3 Å². The summed E-state index contributed by atoms with van der Waals surface area (Å²) in [4.78, 5) is 4.04. The summed E-state index contributed by atoms with van der Waals surface area (Å²) in [7, 11) is 0. The van der Waals surface area contributed by atoms with Crippen LogP contribution in [0.25, 0.3) is 11.4 Å². The molecule has 23 heavy (non-hydrogen) atoms. The van der Waals surface area contributed by atoms with E-state index in [9.17, 15) is 4.39 Å². The first kappa shape index (κ1) is 15.7. The second-order valence-corrected chi connectivity index (χ2v) is 6.05. The number of hydrogen-bond acceptors (Lipinski definition) is 4. The van der Waals surface area contributed by atoms with Crippen LogP contribution in [-0.4, -0.2) is 19.7 Å². The fourth-order valence-electron chi connectivity index (χ4n) is 2.31. The van der Waals surface area contributed by atoms with Crippen molar-refractivity contribution in [1.29, 1.82) is 0 Å². The van der Waals surface area contributed by atoms with Crippen LogP contribution in [0, 0.1) is 5.82 Å². The molecule has 0 aliphatic carbocycles. The van der Waals surface area contributed by atoms with Crippen LogP contribution in [0.2, 0.25) is 0 Å². The lowest BCUT2D eigenvalue weighted by atomic mass is 10.2. The van der Waals surface area contributed by atoms with E-state index in [2.05, 4.69) is 26.7 Å². The predicted octanol–water partition coefficient (Wildman–Crippen LogP) is 4.18. The molecule has 0 aliphatic heterocycles. The highest BCUT2D eigenvalue weighted by atomic mass is 32.2. The van der Waals surface area contributed by atoms with Crippen LogP contribution < -0.4 is 0 Å². The number of rotatable bonds is 6. The number of nitrogens with zero attached hydrogens (tertiary/aromatic N) is 4. The third-order valence-corrected chi connectivity index (χ3v) is 4.40. The molecular weight excluding hydrogens is 311 g/mol. The van der Waals surface area contributed by atoms with Crippen molar-refractivity contribution in [2.24, 2.45) is 0 Å². The van der Waals surface area contributed by atoms with Crippen LogP contribution in [0.4, 0.5) is 4.39 Å². The van der Waals surface area contributed by atoms with E-state index in [-0.39, 0.29) is 5.82 Å². The van der Waals surface area contributed by atoms with E-state index in [1.165, 1.54) is 6.07 Å². The van der Waals surface area contributed by atoms with Gasteiger partial charge in [-0.25, -0.2) is 4.39 Å². The minimum absolute atomic E-state index is 0.212. The lowest BCUT2D eigenvalue weighted by Crippen LogP contribution is -2.02. The smallest absolute Gasteiger partial charge is 0.191 e.